The molecule has 0 saturated heterocycles. The number of ether oxygens (including phenoxy) is 1. The van der Waals surface area contributed by atoms with E-state index in [0.717, 1.165) is 11.3 Å². The number of hydrogen-bond acceptors (Lipinski definition) is 2. The van der Waals surface area contributed by atoms with Crippen LogP contribution in [0.3, 0.4) is 0 Å². The van der Waals surface area contributed by atoms with Gasteiger partial charge in [0.25, 0.3) is 0 Å². The van der Waals surface area contributed by atoms with Crippen molar-refractivity contribution in [3.63, 3.8) is 0 Å². The predicted molar refractivity (Wildman–Crippen MR) is 56.5 cm³/mol. The Morgan fingerprint density at radius 2 is 2.00 bits per heavy atom. The standard InChI is InChI=1S/C12H15O2/c1-3-5-12(13)10-6-8-11(9-7-10)14-4-2/h6-9H,1,3-5H2,2H3. The molecular weight excluding hydrogens is 176 g/mol. The summed E-state index contributed by atoms with van der Waals surface area (Å²) in [5.41, 5.74) is 0.733. The molecule has 1 aromatic carbocycles. The van der Waals surface area contributed by atoms with E-state index in [1.165, 1.54) is 0 Å². The van der Waals surface area contributed by atoms with Gasteiger partial charge in [-0.05, 0) is 37.6 Å². The molecule has 2 nitrogen and oxygen atoms in total. The summed E-state index contributed by atoms with van der Waals surface area (Å²) in [6.45, 7) is 6.23. The van der Waals surface area contributed by atoms with Crippen molar-refractivity contribution >= 4 is 5.78 Å². The highest BCUT2D eigenvalue weighted by Crippen LogP contribution is 2.13. The fraction of sp³-hybridized carbons (Fsp3) is 0.333. The highest BCUT2D eigenvalue weighted by atomic mass is 16.5. The Hall–Kier alpha value is -1.31. The van der Waals surface area contributed by atoms with Gasteiger partial charge in [0.1, 0.15) is 5.75 Å². The number of carbonyl (C=O) groups excluding carboxylic acids is 1. The van der Waals surface area contributed by atoms with Crippen LogP contribution in [0.1, 0.15) is 30.1 Å². The van der Waals surface area contributed by atoms with Crippen molar-refractivity contribution in [1.82, 2.24) is 0 Å². The number of hydrogen-bond donors (Lipinski definition) is 0. The second-order valence-electron chi connectivity index (χ2n) is 2.98. The summed E-state index contributed by atoms with van der Waals surface area (Å²) in [5.74, 6) is 0.946. The zero-order valence-corrected chi connectivity index (χ0v) is 8.45. The SMILES string of the molecule is [CH2]CCC(=O)c1ccc(OCC)cc1. The van der Waals surface area contributed by atoms with Crippen LogP contribution in [0.4, 0.5) is 0 Å². The summed E-state index contributed by atoms with van der Waals surface area (Å²) >= 11 is 0. The van der Waals surface area contributed by atoms with E-state index in [4.69, 9.17) is 4.74 Å². The van der Waals surface area contributed by atoms with E-state index in [-0.39, 0.29) is 5.78 Å². The third-order valence-electron chi connectivity index (χ3n) is 1.89. The molecule has 0 aromatic heterocycles. The fourth-order valence-corrected chi connectivity index (χ4v) is 1.21. The van der Waals surface area contributed by atoms with Crippen LogP contribution in [0, 0.1) is 6.92 Å². The van der Waals surface area contributed by atoms with Crippen LogP contribution in [0.5, 0.6) is 5.75 Å². The van der Waals surface area contributed by atoms with E-state index in [1.54, 1.807) is 12.1 Å². The van der Waals surface area contributed by atoms with Crippen LogP contribution in [-0.4, -0.2) is 12.4 Å². The molecule has 0 spiro atoms. The average Bonchev–Trinajstić information content (AvgIpc) is 2.20. The molecule has 14 heavy (non-hydrogen) atoms. The van der Waals surface area contributed by atoms with E-state index in [1.807, 2.05) is 19.1 Å². The summed E-state index contributed by atoms with van der Waals surface area (Å²) in [6, 6.07) is 7.23. The zero-order valence-electron chi connectivity index (χ0n) is 8.45. The lowest BCUT2D eigenvalue weighted by molar-refractivity contribution is 0.0983. The van der Waals surface area contributed by atoms with Crippen LogP contribution >= 0.6 is 0 Å². The Morgan fingerprint density at radius 1 is 1.36 bits per heavy atom. The quantitative estimate of drug-likeness (QED) is 0.669. The number of ketones is 1. The van der Waals surface area contributed by atoms with Crippen molar-refractivity contribution in [2.75, 3.05) is 6.61 Å². The lowest BCUT2D eigenvalue weighted by atomic mass is 10.1. The van der Waals surface area contributed by atoms with E-state index in [0.29, 0.717) is 19.4 Å². The second kappa shape index (κ2) is 5.43. The van der Waals surface area contributed by atoms with Gasteiger partial charge in [-0.3, -0.25) is 4.79 Å². The van der Waals surface area contributed by atoms with Gasteiger partial charge in [-0.25, -0.2) is 0 Å². The lowest BCUT2D eigenvalue weighted by Crippen LogP contribution is -1.98. The Bertz CT molecular complexity index is 288. The monoisotopic (exact) mass is 191 g/mol. The van der Waals surface area contributed by atoms with Crippen LogP contribution in [0.2, 0.25) is 0 Å². The van der Waals surface area contributed by atoms with Gasteiger partial charge in [-0.15, -0.1) is 0 Å². The normalized spacial score (nSPS) is 9.86. The number of rotatable bonds is 5. The van der Waals surface area contributed by atoms with Gasteiger partial charge in [0, 0.05) is 12.0 Å². The maximum absolute atomic E-state index is 11.4. The summed E-state index contributed by atoms with van der Waals surface area (Å²) in [7, 11) is 0. The summed E-state index contributed by atoms with van der Waals surface area (Å²) in [6.07, 6.45) is 1.15. The van der Waals surface area contributed by atoms with Gasteiger partial charge < -0.3 is 4.74 Å². The molecule has 0 amide bonds. The second-order valence-corrected chi connectivity index (χ2v) is 2.98. The van der Waals surface area contributed by atoms with Crippen LogP contribution in [0.15, 0.2) is 24.3 Å². The van der Waals surface area contributed by atoms with Gasteiger partial charge in [0.15, 0.2) is 5.78 Å². The summed E-state index contributed by atoms with van der Waals surface area (Å²) < 4.78 is 5.28. The van der Waals surface area contributed by atoms with E-state index in [9.17, 15) is 4.79 Å². The predicted octanol–water partition coefficient (Wildman–Crippen LogP) is 2.88. The van der Waals surface area contributed by atoms with Crippen molar-refractivity contribution in [2.24, 2.45) is 0 Å². The van der Waals surface area contributed by atoms with Crippen LogP contribution in [0.25, 0.3) is 0 Å². The largest absolute Gasteiger partial charge is 0.494 e. The van der Waals surface area contributed by atoms with Gasteiger partial charge >= 0.3 is 0 Å². The van der Waals surface area contributed by atoms with Gasteiger partial charge in [0.05, 0.1) is 6.61 Å². The summed E-state index contributed by atoms with van der Waals surface area (Å²) in [4.78, 5) is 11.4. The topological polar surface area (TPSA) is 26.3 Å². The van der Waals surface area contributed by atoms with Gasteiger partial charge in [-0.2, -0.15) is 0 Å². The third-order valence-corrected chi connectivity index (χ3v) is 1.89. The first-order valence-corrected chi connectivity index (χ1v) is 4.83. The first kappa shape index (κ1) is 10.8. The molecule has 2 heteroatoms. The first-order chi connectivity index (χ1) is 6.77. The minimum absolute atomic E-state index is 0.142. The lowest BCUT2D eigenvalue weighted by Gasteiger charge is -2.03. The molecule has 0 saturated carbocycles. The highest BCUT2D eigenvalue weighted by Gasteiger charge is 2.03. The molecule has 0 heterocycles. The molecule has 0 fully saturated rings. The molecule has 0 bridgehead atoms. The van der Waals surface area contributed by atoms with Crippen LogP contribution in [-0.2, 0) is 0 Å². The van der Waals surface area contributed by atoms with E-state index < -0.39 is 0 Å². The molecule has 1 rings (SSSR count). The maximum atomic E-state index is 11.4. The maximum Gasteiger partial charge on any atom is 0.162 e. The smallest absolute Gasteiger partial charge is 0.162 e. The minimum atomic E-state index is 0.142. The van der Waals surface area contributed by atoms with Crippen molar-refractivity contribution in [3.8, 4) is 5.75 Å². The van der Waals surface area contributed by atoms with Crippen molar-refractivity contribution < 1.29 is 9.53 Å². The molecule has 0 unspecified atom stereocenters. The first-order valence-electron chi connectivity index (χ1n) is 4.83. The fourth-order valence-electron chi connectivity index (χ4n) is 1.21. The molecule has 1 aromatic rings. The molecule has 0 atom stereocenters. The summed E-state index contributed by atoms with van der Waals surface area (Å²) in [5, 5.41) is 0. The Labute approximate surface area is 84.9 Å². The molecule has 0 aliphatic carbocycles. The Morgan fingerprint density at radius 3 is 2.50 bits per heavy atom. The molecule has 0 aliphatic heterocycles. The Kier molecular flexibility index (Phi) is 4.17. The molecule has 0 aliphatic rings. The average molecular weight is 191 g/mol. The highest BCUT2D eigenvalue weighted by molar-refractivity contribution is 5.96. The molecule has 1 radical (unpaired) electrons. The van der Waals surface area contributed by atoms with Gasteiger partial charge in [0.2, 0.25) is 0 Å². The van der Waals surface area contributed by atoms with Crippen molar-refractivity contribution in [1.29, 1.82) is 0 Å². The zero-order chi connectivity index (χ0) is 10.4. The third kappa shape index (κ3) is 2.87. The van der Waals surface area contributed by atoms with E-state index in [2.05, 4.69) is 6.92 Å². The Balaban J connectivity index is 2.67. The van der Waals surface area contributed by atoms with Crippen molar-refractivity contribution in [3.05, 3.63) is 36.8 Å². The number of benzene rings is 1. The molecule has 0 N–H and O–H groups in total. The number of Topliss-reactive ketones (excluding diaryl/α,β-unsaturated/α-hetero) is 1. The van der Waals surface area contributed by atoms with Crippen molar-refractivity contribution in [2.45, 2.75) is 19.8 Å². The van der Waals surface area contributed by atoms with Crippen LogP contribution < -0.4 is 4.74 Å². The molecular formula is C12H15O2. The minimum Gasteiger partial charge on any atom is -0.494 e. The molecule has 75 valence electrons. The number of carbonyl (C=O) groups is 1. The van der Waals surface area contributed by atoms with E-state index >= 15 is 0 Å². The van der Waals surface area contributed by atoms with Gasteiger partial charge in [-0.1, -0.05) is 6.92 Å².